The van der Waals surface area contributed by atoms with E-state index in [4.69, 9.17) is 27.9 Å². The summed E-state index contributed by atoms with van der Waals surface area (Å²) >= 11 is 11.8. The Kier molecular flexibility index (Phi) is 7.21. The van der Waals surface area contributed by atoms with Crippen molar-refractivity contribution in [3.63, 3.8) is 0 Å². The number of halogens is 2. The van der Waals surface area contributed by atoms with Crippen LogP contribution >= 0.6 is 23.2 Å². The van der Waals surface area contributed by atoms with Crippen molar-refractivity contribution in [2.24, 2.45) is 0 Å². The van der Waals surface area contributed by atoms with E-state index in [0.717, 1.165) is 0 Å². The van der Waals surface area contributed by atoms with Gasteiger partial charge in [-0.1, -0.05) is 41.4 Å². The normalized spacial score (nSPS) is 12.6. The summed E-state index contributed by atoms with van der Waals surface area (Å²) in [6.07, 6.45) is -1.08. The summed E-state index contributed by atoms with van der Waals surface area (Å²) in [7, 11) is 0. The summed E-state index contributed by atoms with van der Waals surface area (Å²) in [6.45, 7) is 2.90. The maximum absolute atomic E-state index is 12.2. The molecule has 0 saturated heterocycles. The number of benzene rings is 2. The standard InChI is InChI=1S/C19H18Cl2N2O4/c1-11(22-18(25)13-6-4-3-5-7-13)19(26)27-12(2)17(24)23-16-9-8-14(20)10-15(16)21/h3-12H,1-2H3,(H,22,25)(H,23,24)/t11-,12-/m0/s1. The van der Waals surface area contributed by atoms with E-state index in [2.05, 4.69) is 10.6 Å². The third-order valence-corrected chi connectivity index (χ3v) is 4.14. The lowest BCUT2D eigenvalue weighted by atomic mass is 10.2. The fraction of sp³-hybridized carbons (Fsp3) is 0.211. The minimum atomic E-state index is -1.08. The quantitative estimate of drug-likeness (QED) is 0.713. The lowest BCUT2D eigenvalue weighted by molar-refractivity contribution is -0.154. The summed E-state index contributed by atoms with van der Waals surface area (Å²) in [4.78, 5) is 36.4. The summed E-state index contributed by atoms with van der Waals surface area (Å²) in [6, 6.07) is 12.1. The molecule has 0 fully saturated rings. The molecule has 0 radical (unpaired) electrons. The average Bonchev–Trinajstić information content (AvgIpc) is 2.64. The summed E-state index contributed by atoms with van der Waals surface area (Å²) < 4.78 is 5.11. The number of anilines is 1. The maximum atomic E-state index is 12.2. The van der Waals surface area contributed by atoms with Gasteiger partial charge >= 0.3 is 5.97 Å². The van der Waals surface area contributed by atoms with Crippen molar-refractivity contribution in [2.75, 3.05) is 5.32 Å². The number of nitrogens with one attached hydrogen (secondary N) is 2. The van der Waals surface area contributed by atoms with Gasteiger partial charge in [-0.3, -0.25) is 9.59 Å². The van der Waals surface area contributed by atoms with Crippen LogP contribution in [0.3, 0.4) is 0 Å². The van der Waals surface area contributed by atoms with Gasteiger partial charge < -0.3 is 15.4 Å². The molecule has 0 spiro atoms. The van der Waals surface area contributed by atoms with Crippen LogP contribution in [0.4, 0.5) is 5.69 Å². The van der Waals surface area contributed by atoms with Gasteiger partial charge in [0.25, 0.3) is 11.8 Å². The van der Waals surface area contributed by atoms with Gasteiger partial charge in [-0.15, -0.1) is 0 Å². The van der Waals surface area contributed by atoms with E-state index in [1.54, 1.807) is 42.5 Å². The molecule has 2 aromatic carbocycles. The topological polar surface area (TPSA) is 84.5 Å². The first kappa shape index (κ1) is 20.7. The van der Waals surface area contributed by atoms with Crippen molar-refractivity contribution in [3.05, 3.63) is 64.1 Å². The largest absolute Gasteiger partial charge is 0.451 e. The first-order valence-corrected chi connectivity index (χ1v) is 8.86. The molecule has 0 unspecified atom stereocenters. The SMILES string of the molecule is C[C@H](NC(=O)c1ccccc1)C(=O)O[C@@H](C)C(=O)Nc1ccc(Cl)cc1Cl. The van der Waals surface area contributed by atoms with Gasteiger partial charge in [0.2, 0.25) is 0 Å². The van der Waals surface area contributed by atoms with E-state index in [1.807, 2.05) is 0 Å². The first-order valence-electron chi connectivity index (χ1n) is 8.10. The van der Waals surface area contributed by atoms with E-state index >= 15 is 0 Å². The number of carbonyl (C=O) groups excluding carboxylic acids is 3. The van der Waals surface area contributed by atoms with Crippen LogP contribution in [0.2, 0.25) is 10.0 Å². The van der Waals surface area contributed by atoms with Crippen LogP contribution in [-0.2, 0) is 14.3 Å². The molecule has 8 heteroatoms. The fourth-order valence-electron chi connectivity index (χ4n) is 2.08. The Bertz CT molecular complexity index is 843. The second kappa shape index (κ2) is 9.39. The van der Waals surface area contributed by atoms with Crippen LogP contribution in [0.25, 0.3) is 0 Å². The molecule has 2 rings (SSSR count). The second-order valence-corrected chi connectivity index (χ2v) is 6.60. The van der Waals surface area contributed by atoms with Crippen LogP contribution in [0.1, 0.15) is 24.2 Å². The fourth-order valence-corrected chi connectivity index (χ4v) is 2.54. The predicted octanol–water partition coefficient (Wildman–Crippen LogP) is 3.68. The Morgan fingerprint density at radius 3 is 2.30 bits per heavy atom. The highest BCUT2D eigenvalue weighted by molar-refractivity contribution is 6.36. The summed E-state index contributed by atoms with van der Waals surface area (Å²) in [5.74, 6) is -1.71. The highest BCUT2D eigenvalue weighted by Crippen LogP contribution is 2.25. The Morgan fingerprint density at radius 2 is 1.67 bits per heavy atom. The second-order valence-electron chi connectivity index (χ2n) is 5.75. The first-order chi connectivity index (χ1) is 12.8. The third kappa shape index (κ3) is 5.98. The predicted molar refractivity (Wildman–Crippen MR) is 104 cm³/mol. The molecule has 2 amide bonds. The maximum Gasteiger partial charge on any atom is 0.329 e. The zero-order valence-corrected chi connectivity index (χ0v) is 16.2. The smallest absolute Gasteiger partial charge is 0.329 e. The minimum Gasteiger partial charge on any atom is -0.451 e. The monoisotopic (exact) mass is 408 g/mol. The van der Waals surface area contributed by atoms with Crippen molar-refractivity contribution >= 4 is 46.7 Å². The summed E-state index contributed by atoms with van der Waals surface area (Å²) in [5, 5.41) is 5.77. The van der Waals surface area contributed by atoms with E-state index in [1.165, 1.54) is 19.9 Å². The van der Waals surface area contributed by atoms with Gasteiger partial charge in [0.05, 0.1) is 10.7 Å². The van der Waals surface area contributed by atoms with Crippen LogP contribution in [-0.4, -0.2) is 29.9 Å². The van der Waals surface area contributed by atoms with Crippen LogP contribution in [0.5, 0.6) is 0 Å². The number of amides is 2. The van der Waals surface area contributed by atoms with Gasteiger partial charge in [-0.2, -0.15) is 0 Å². The Hall–Kier alpha value is -2.57. The Balaban J connectivity index is 1.89. The zero-order valence-electron chi connectivity index (χ0n) is 14.7. The molecule has 0 bridgehead atoms. The molecular formula is C19H18Cl2N2O4. The Labute approximate surface area is 166 Å². The molecule has 0 heterocycles. The summed E-state index contributed by atoms with van der Waals surface area (Å²) in [5.41, 5.74) is 0.764. The van der Waals surface area contributed by atoms with Crippen molar-refractivity contribution in [3.8, 4) is 0 Å². The van der Waals surface area contributed by atoms with Gasteiger partial charge in [-0.25, -0.2) is 4.79 Å². The van der Waals surface area contributed by atoms with Crippen molar-refractivity contribution in [1.82, 2.24) is 5.32 Å². The lowest BCUT2D eigenvalue weighted by Gasteiger charge is -2.18. The van der Waals surface area contributed by atoms with Gasteiger partial charge in [0.1, 0.15) is 6.04 Å². The van der Waals surface area contributed by atoms with E-state index < -0.39 is 29.9 Å². The van der Waals surface area contributed by atoms with Crippen LogP contribution in [0.15, 0.2) is 48.5 Å². The van der Waals surface area contributed by atoms with Crippen molar-refractivity contribution in [1.29, 1.82) is 0 Å². The molecule has 0 aromatic heterocycles. The third-order valence-electron chi connectivity index (χ3n) is 3.59. The number of carbonyl (C=O) groups is 3. The zero-order chi connectivity index (χ0) is 20.0. The number of hydrogen-bond donors (Lipinski definition) is 2. The molecule has 0 aliphatic rings. The number of rotatable bonds is 6. The highest BCUT2D eigenvalue weighted by Gasteiger charge is 2.24. The number of hydrogen-bond acceptors (Lipinski definition) is 4. The molecule has 27 heavy (non-hydrogen) atoms. The Morgan fingerprint density at radius 1 is 1.00 bits per heavy atom. The van der Waals surface area contributed by atoms with E-state index in [-0.39, 0.29) is 5.02 Å². The molecule has 142 valence electrons. The van der Waals surface area contributed by atoms with Crippen molar-refractivity contribution < 1.29 is 19.1 Å². The molecule has 0 aliphatic heterocycles. The molecule has 2 N–H and O–H groups in total. The van der Waals surface area contributed by atoms with Gasteiger partial charge in [0, 0.05) is 10.6 Å². The van der Waals surface area contributed by atoms with Gasteiger partial charge in [0.15, 0.2) is 6.10 Å². The average molecular weight is 409 g/mol. The molecule has 2 aromatic rings. The molecule has 2 atom stereocenters. The van der Waals surface area contributed by atoms with E-state index in [0.29, 0.717) is 16.3 Å². The van der Waals surface area contributed by atoms with Crippen LogP contribution < -0.4 is 10.6 Å². The number of esters is 1. The van der Waals surface area contributed by atoms with Crippen LogP contribution in [0, 0.1) is 0 Å². The van der Waals surface area contributed by atoms with Gasteiger partial charge in [-0.05, 0) is 44.2 Å². The highest BCUT2D eigenvalue weighted by atomic mass is 35.5. The molecule has 0 saturated carbocycles. The lowest BCUT2D eigenvalue weighted by Crippen LogP contribution is -2.42. The molecular weight excluding hydrogens is 391 g/mol. The number of ether oxygens (including phenoxy) is 1. The molecule has 6 nitrogen and oxygen atoms in total. The van der Waals surface area contributed by atoms with E-state index in [9.17, 15) is 14.4 Å². The van der Waals surface area contributed by atoms with Crippen molar-refractivity contribution in [2.45, 2.75) is 26.0 Å². The minimum absolute atomic E-state index is 0.262. The molecule has 0 aliphatic carbocycles.